The Bertz CT molecular complexity index is 1050. The van der Waals surface area contributed by atoms with Crippen LogP contribution in [0.4, 0.5) is 11.4 Å². The van der Waals surface area contributed by atoms with Crippen molar-refractivity contribution in [2.45, 2.75) is 11.8 Å². The Kier molecular flexibility index (Phi) is 6.07. The monoisotopic (exact) mass is 384 g/mol. The number of nitrogens with one attached hydrogen (secondary N) is 2. The molecule has 0 aromatic heterocycles. The number of nitrogens with zero attached hydrogens (tertiary/aromatic N) is 1. The molecular weight excluding hydrogens is 368 g/mol. The van der Waals surface area contributed by atoms with E-state index in [0.29, 0.717) is 16.9 Å². The van der Waals surface area contributed by atoms with Crippen molar-refractivity contribution in [3.8, 4) is 6.07 Å². The van der Waals surface area contributed by atoms with Crippen molar-refractivity contribution in [3.05, 3.63) is 65.9 Å². The predicted octanol–water partition coefficient (Wildman–Crippen LogP) is 1.99. The van der Waals surface area contributed by atoms with Gasteiger partial charge in [-0.15, -0.1) is 0 Å². The Hall–Kier alpha value is -3.48. The van der Waals surface area contributed by atoms with E-state index in [1.165, 1.54) is 37.4 Å². The van der Waals surface area contributed by atoms with Crippen LogP contribution in [-0.2, 0) is 14.8 Å². The Morgan fingerprint density at radius 1 is 1.11 bits per heavy atom. The first-order valence-electron chi connectivity index (χ1n) is 7.63. The molecule has 9 heteroatoms. The Balaban J connectivity index is 2.11. The van der Waals surface area contributed by atoms with Crippen molar-refractivity contribution in [2.24, 2.45) is 5.14 Å². The smallest absolute Gasteiger partial charge is 0.267 e. The van der Waals surface area contributed by atoms with Crippen LogP contribution in [0.3, 0.4) is 0 Å². The fraction of sp³-hybridized carbons (Fsp3) is 0.0556. The van der Waals surface area contributed by atoms with Crippen LogP contribution in [0.25, 0.3) is 0 Å². The van der Waals surface area contributed by atoms with Crippen LogP contribution in [-0.4, -0.2) is 20.1 Å². The number of hydrogen-bond acceptors (Lipinski definition) is 6. The zero-order valence-corrected chi connectivity index (χ0v) is 15.1. The first-order chi connectivity index (χ1) is 12.7. The molecule has 1 amide bonds. The van der Waals surface area contributed by atoms with Crippen LogP contribution in [0.15, 0.2) is 65.2 Å². The number of benzene rings is 2. The van der Waals surface area contributed by atoms with Gasteiger partial charge in [-0.1, -0.05) is 12.1 Å². The normalized spacial score (nSPS) is 11.4. The summed E-state index contributed by atoms with van der Waals surface area (Å²) in [5, 5.41) is 19.5. The number of carbonyl (C=O) groups excluding carboxylic acids is 2. The molecule has 0 heterocycles. The maximum absolute atomic E-state index is 12.2. The van der Waals surface area contributed by atoms with Gasteiger partial charge in [0.15, 0.2) is 5.78 Å². The molecule has 0 fully saturated rings. The van der Waals surface area contributed by atoms with Crippen molar-refractivity contribution in [3.63, 3.8) is 0 Å². The van der Waals surface area contributed by atoms with Gasteiger partial charge >= 0.3 is 0 Å². The van der Waals surface area contributed by atoms with Crippen LogP contribution in [0, 0.1) is 11.3 Å². The number of Topliss-reactive ketones (excluding diaryl/α,β-unsaturated/α-hetero) is 1. The zero-order chi connectivity index (χ0) is 20.0. The highest BCUT2D eigenvalue weighted by molar-refractivity contribution is 7.89. The summed E-state index contributed by atoms with van der Waals surface area (Å²) < 4.78 is 22.4. The number of amides is 1. The van der Waals surface area contributed by atoms with Gasteiger partial charge in [0.05, 0.1) is 4.90 Å². The average molecular weight is 384 g/mol. The van der Waals surface area contributed by atoms with E-state index in [4.69, 9.17) is 5.14 Å². The van der Waals surface area contributed by atoms with Crippen molar-refractivity contribution < 1.29 is 18.0 Å². The number of rotatable bonds is 6. The maximum atomic E-state index is 12.2. The molecular formula is C18H16N4O4S. The Morgan fingerprint density at radius 2 is 1.78 bits per heavy atom. The van der Waals surface area contributed by atoms with Gasteiger partial charge in [0.2, 0.25) is 10.0 Å². The summed E-state index contributed by atoms with van der Waals surface area (Å²) in [6.07, 6.45) is 1.22. The molecule has 27 heavy (non-hydrogen) atoms. The van der Waals surface area contributed by atoms with Crippen molar-refractivity contribution >= 4 is 33.1 Å². The molecule has 8 nitrogen and oxygen atoms in total. The molecule has 0 radical (unpaired) electrons. The molecule has 2 aromatic rings. The Morgan fingerprint density at radius 3 is 2.33 bits per heavy atom. The molecule has 138 valence electrons. The molecule has 0 saturated heterocycles. The summed E-state index contributed by atoms with van der Waals surface area (Å²) in [4.78, 5) is 23.5. The minimum absolute atomic E-state index is 0.0939. The number of nitrogens with two attached hydrogens (primary N) is 1. The molecule has 2 rings (SSSR count). The second-order valence-electron chi connectivity index (χ2n) is 5.47. The van der Waals surface area contributed by atoms with Gasteiger partial charge in [0, 0.05) is 23.1 Å². The van der Waals surface area contributed by atoms with Gasteiger partial charge < -0.3 is 10.6 Å². The maximum Gasteiger partial charge on any atom is 0.267 e. The topological polar surface area (TPSA) is 142 Å². The molecule has 0 unspecified atom stereocenters. The number of nitriles is 1. The highest BCUT2D eigenvalue weighted by Gasteiger charge is 2.11. The zero-order valence-electron chi connectivity index (χ0n) is 14.3. The fourth-order valence-corrected chi connectivity index (χ4v) is 2.57. The second kappa shape index (κ2) is 8.27. The number of anilines is 2. The summed E-state index contributed by atoms with van der Waals surface area (Å²) in [6.45, 7) is 1.43. The third kappa shape index (κ3) is 5.50. The molecule has 0 atom stereocenters. The lowest BCUT2D eigenvalue weighted by Crippen LogP contribution is -2.15. The van der Waals surface area contributed by atoms with E-state index in [9.17, 15) is 23.3 Å². The van der Waals surface area contributed by atoms with Crippen LogP contribution < -0.4 is 15.8 Å². The Labute approximate surface area is 156 Å². The van der Waals surface area contributed by atoms with E-state index < -0.39 is 15.9 Å². The third-order valence-electron chi connectivity index (χ3n) is 3.46. The van der Waals surface area contributed by atoms with Crippen LogP contribution >= 0.6 is 0 Å². The largest absolute Gasteiger partial charge is 0.360 e. The van der Waals surface area contributed by atoms with E-state index >= 15 is 0 Å². The number of ketones is 1. The van der Waals surface area contributed by atoms with Crippen LogP contribution in [0.1, 0.15) is 17.3 Å². The lowest BCUT2D eigenvalue weighted by atomic mass is 10.1. The highest BCUT2D eigenvalue weighted by atomic mass is 32.2. The van der Waals surface area contributed by atoms with Crippen LogP contribution in [0.2, 0.25) is 0 Å². The fourth-order valence-electron chi connectivity index (χ4n) is 2.06. The van der Waals surface area contributed by atoms with E-state index in [1.54, 1.807) is 30.3 Å². The molecule has 0 saturated carbocycles. The van der Waals surface area contributed by atoms with Gasteiger partial charge in [-0.05, 0) is 43.3 Å². The number of primary sulfonamides is 1. The highest BCUT2D eigenvalue weighted by Crippen LogP contribution is 2.15. The molecule has 2 aromatic carbocycles. The van der Waals surface area contributed by atoms with Crippen molar-refractivity contribution in [1.29, 1.82) is 5.26 Å². The SMILES string of the molecule is CC(=O)c1cccc(N/C=C(/C#N)C(=O)Nc2ccc(S(N)(=O)=O)cc2)c1. The minimum Gasteiger partial charge on any atom is -0.360 e. The van der Waals surface area contributed by atoms with E-state index in [2.05, 4.69) is 10.6 Å². The third-order valence-corrected chi connectivity index (χ3v) is 4.39. The summed E-state index contributed by atoms with van der Waals surface area (Å²) >= 11 is 0. The molecule has 0 aliphatic rings. The lowest BCUT2D eigenvalue weighted by Gasteiger charge is -2.06. The van der Waals surface area contributed by atoms with E-state index in [1.807, 2.05) is 0 Å². The van der Waals surface area contributed by atoms with E-state index in [0.717, 1.165) is 0 Å². The standard InChI is InChI=1S/C18H16N4O4S/c1-12(23)13-3-2-4-16(9-13)21-11-14(10-19)18(24)22-15-5-7-17(8-6-15)27(20,25)26/h2-9,11,21H,1H3,(H,22,24)(H2,20,25,26)/b14-11-. The van der Waals surface area contributed by atoms with Crippen LogP contribution in [0.5, 0.6) is 0 Å². The lowest BCUT2D eigenvalue weighted by molar-refractivity contribution is -0.112. The van der Waals surface area contributed by atoms with Gasteiger partial charge in [-0.25, -0.2) is 13.6 Å². The van der Waals surface area contributed by atoms with E-state index in [-0.39, 0.29) is 16.3 Å². The van der Waals surface area contributed by atoms with Gasteiger partial charge in [-0.3, -0.25) is 9.59 Å². The number of carbonyl (C=O) groups is 2. The summed E-state index contributed by atoms with van der Waals surface area (Å²) in [5.74, 6) is -0.792. The summed E-state index contributed by atoms with van der Waals surface area (Å²) in [6, 6.07) is 13.6. The second-order valence-corrected chi connectivity index (χ2v) is 7.04. The predicted molar refractivity (Wildman–Crippen MR) is 100 cm³/mol. The quantitative estimate of drug-likeness (QED) is 0.395. The molecule has 0 aliphatic heterocycles. The van der Waals surface area contributed by atoms with Gasteiger partial charge in [0.1, 0.15) is 11.6 Å². The first-order valence-corrected chi connectivity index (χ1v) is 9.17. The first kappa shape index (κ1) is 19.8. The van der Waals surface area contributed by atoms with Gasteiger partial charge in [0.25, 0.3) is 5.91 Å². The molecule has 0 spiro atoms. The van der Waals surface area contributed by atoms with Crippen molar-refractivity contribution in [1.82, 2.24) is 0 Å². The number of sulfonamides is 1. The summed E-state index contributed by atoms with van der Waals surface area (Å²) in [5.41, 5.74) is 1.12. The van der Waals surface area contributed by atoms with Crippen molar-refractivity contribution in [2.75, 3.05) is 10.6 Å². The molecule has 4 N–H and O–H groups in total. The number of hydrogen-bond donors (Lipinski definition) is 3. The molecule has 0 bridgehead atoms. The summed E-state index contributed by atoms with van der Waals surface area (Å²) in [7, 11) is -3.83. The average Bonchev–Trinajstić information content (AvgIpc) is 2.62. The molecule has 0 aliphatic carbocycles. The van der Waals surface area contributed by atoms with Gasteiger partial charge in [-0.2, -0.15) is 5.26 Å². The minimum atomic E-state index is -3.83.